The maximum atomic E-state index is 12.7. The van der Waals surface area contributed by atoms with Crippen LogP contribution in [0.5, 0.6) is 0 Å². The summed E-state index contributed by atoms with van der Waals surface area (Å²) < 4.78 is 12.7. The first kappa shape index (κ1) is 14.5. The third-order valence-corrected chi connectivity index (χ3v) is 3.42. The normalized spacial score (nSPS) is 15.7. The first-order valence-electron chi connectivity index (χ1n) is 6.98. The lowest BCUT2D eigenvalue weighted by Crippen LogP contribution is -2.37. The smallest absolute Gasteiger partial charge is 0.233 e. The number of hydrogen-bond acceptors (Lipinski definition) is 2. The molecule has 0 aliphatic heterocycles. The van der Waals surface area contributed by atoms with Gasteiger partial charge in [-0.3, -0.25) is 9.59 Å². The topological polar surface area (TPSA) is 58.2 Å². The van der Waals surface area contributed by atoms with E-state index in [4.69, 9.17) is 0 Å². The Labute approximate surface area is 117 Å². The fourth-order valence-electron chi connectivity index (χ4n) is 2.41. The number of rotatable bonds is 4. The predicted octanol–water partition coefficient (Wildman–Crippen LogP) is 2.60. The number of amides is 2. The zero-order valence-corrected chi connectivity index (χ0v) is 11.3. The lowest BCUT2D eigenvalue weighted by molar-refractivity contribution is -0.127. The Hall–Kier alpha value is -1.91. The molecule has 2 rings (SSSR count). The lowest BCUT2D eigenvalue weighted by atomic mass is 9.95. The average Bonchev–Trinajstić information content (AvgIpc) is 2.42. The standard InChI is InChI=1S/C15H19FN2O2/c16-11-6-8-13(9-7-11)18-15(20)10-14(19)17-12-4-2-1-3-5-12/h6-9,12H,1-5,10H2,(H,17,19)(H,18,20). The van der Waals surface area contributed by atoms with E-state index in [1.165, 1.54) is 30.7 Å². The van der Waals surface area contributed by atoms with Crippen molar-refractivity contribution in [3.63, 3.8) is 0 Å². The van der Waals surface area contributed by atoms with Crippen LogP contribution in [0.2, 0.25) is 0 Å². The summed E-state index contributed by atoms with van der Waals surface area (Å²) >= 11 is 0. The fourth-order valence-corrected chi connectivity index (χ4v) is 2.41. The fraction of sp³-hybridized carbons (Fsp3) is 0.467. The molecule has 0 atom stereocenters. The Morgan fingerprint density at radius 3 is 2.35 bits per heavy atom. The van der Waals surface area contributed by atoms with Crippen molar-refractivity contribution in [2.24, 2.45) is 0 Å². The van der Waals surface area contributed by atoms with Crippen molar-refractivity contribution in [3.05, 3.63) is 30.1 Å². The van der Waals surface area contributed by atoms with Gasteiger partial charge in [-0.25, -0.2) is 4.39 Å². The second-order valence-corrected chi connectivity index (χ2v) is 5.13. The minimum atomic E-state index is -0.384. The van der Waals surface area contributed by atoms with Gasteiger partial charge >= 0.3 is 0 Å². The third-order valence-electron chi connectivity index (χ3n) is 3.42. The van der Waals surface area contributed by atoms with Crippen LogP contribution in [0.4, 0.5) is 10.1 Å². The van der Waals surface area contributed by atoms with Gasteiger partial charge in [0.25, 0.3) is 0 Å². The second-order valence-electron chi connectivity index (χ2n) is 5.13. The minimum absolute atomic E-state index is 0.201. The summed E-state index contributed by atoms with van der Waals surface area (Å²) in [5.41, 5.74) is 0.488. The van der Waals surface area contributed by atoms with Crippen LogP contribution >= 0.6 is 0 Å². The molecule has 1 saturated carbocycles. The molecule has 0 unspecified atom stereocenters. The number of anilines is 1. The van der Waals surface area contributed by atoms with Gasteiger partial charge in [0.15, 0.2) is 0 Å². The summed E-state index contributed by atoms with van der Waals surface area (Å²) in [6, 6.07) is 5.66. The van der Waals surface area contributed by atoms with E-state index in [0.29, 0.717) is 5.69 Å². The highest BCUT2D eigenvalue weighted by atomic mass is 19.1. The summed E-state index contributed by atoms with van der Waals surface area (Å²) in [6.45, 7) is 0. The number of carbonyl (C=O) groups is 2. The Bertz CT molecular complexity index is 467. The molecule has 0 bridgehead atoms. The van der Waals surface area contributed by atoms with E-state index in [-0.39, 0.29) is 30.1 Å². The quantitative estimate of drug-likeness (QED) is 0.832. The van der Waals surface area contributed by atoms with E-state index in [1.807, 2.05) is 0 Å². The van der Waals surface area contributed by atoms with Gasteiger partial charge in [0.1, 0.15) is 12.2 Å². The van der Waals surface area contributed by atoms with Gasteiger partial charge in [0, 0.05) is 11.7 Å². The highest BCUT2D eigenvalue weighted by Gasteiger charge is 2.17. The van der Waals surface area contributed by atoms with Crippen LogP contribution in [0.1, 0.15) is 38.5 Å². The largest absolute Gasteiger partial charge is 0.353 e. The number of nitrogens with one attached hydrogen (secondary N) is 2. The molecule has 1 aromatic carbocycles. The van der Waals surface area contributed by atoms with Crippen LogP contribution in [0.15, 0.2) is 24.3 Å². The van der Waals surface area contributed by atoms with Gasteiger partial charge in [-0.15, -0.1) is 0 Å². The molecule has 1 aromatic rings. The van der Waals surface area contributed by atoms with Crippen molar-refractivity contribution >= 4 is 17.5 Å². The Kier molecular flexibility index (Phi) is 5.09. The van der Waals surface area contributed by atoms with E-state index in [1.54, 1.807) is 0 Å². The maximum Gasteiger partial charge on any atom is 0.233 e. The lowest BCUT2D eigenvalue weighted by Gasteiger charge is -2.22. The molecule has 4 nitrogen and oxygen atoms in total. The molecule has 5 heteroatoms. The highest BCUT2D eigenvalue weighted by molar-refractivity contribution is 6.03. The van der Waals surface area contributed by atoms with Crippen molar-refractivity contribution in [1.29, 1.82) is 0 Å². The third kappa shape index (κ3) is 4.64. The van der Waals surface area contributed by atoms with Gasteiger partial charge < -0.3 is 10.6 Å². The molecule has 0 aromatic heterocycles. The summed E-state index contributed by atoms with van der Waals surface area (Å²) in [7, 11) is 0. The molecule has 20 heavy (non-hydrogen) atoms. The molecule has 0 heterocycles. The molecular weight excluding hydrogens is 259 g/mol. The molecule has 0 spiro atoms. The minimum Gasteiger partial charge on any atom is -0.353 e. The maximum absolute atomic E-state index is 12.7. The van der Waals surface area contributed by atoms with Crippen molar-refractivity contribution in [3.8, 4) is 0 Å². The predicted molar refractivity (Wildman–Crippen MR) is 74.7 cm³/mol. The molecule has 0 saturated heterocycles. The monoisotopic (exact) mass is 278 g/mol. The van der Waals surface area contributed by atoms with Gasteiger partial charge in [0.05, 0.1) is 0 Å². The van der Waals surface area contributed by atoms with E-state index < -0.39 is 0 Å². The van der Waals surface area contributed by atoms with E-state index in [0.717, 1.165) is 25.7 Å². The van der Waals surface area contributed by atoms with E-state index in [9.17, 15) is 14.0 Å². The van der Waals surface area contributed by atoms with Gasteiger partial charge in [-0.2, -0.15) is 0 Å². The molecule has 2 N–H and O–H groups in total. The number of halogens is 1. The molecule has 2 amide bonds. The van der Waals surface area contributed by atoms with Crippen LogP contribution in [-0.2, 0) is 9.59 Å². The molecular formula is C15H19FN2O2. The van der Waals surface area contributed by atoms with Crippen LogP contribution in [0, 0.1) is 5.82 Å². The Morgan fingerprint density at radius 1 is 1.05 bits per heavy atom. The summed E-state index contributed by atoms with van der Waals surface area (Å²) in [5.74, 6) is -1.00. The average molecular weight is 278 g/mol. The van der Waals surface area contributed by atoms with E-state index >= 15 is 0 Å². The highest BCUT2D eigenvalue weighted by Crippen LogP contribution is 2.17. The molecule has 1 aliphatic carbocycles. The summed E-state index contributed by atoms with van der Waals surface area (Å²) in [5, 5.41) is 5.46. The molecule has 1 fully saturated rings. The summed E-state index contributed by atoms with van der Waals surface area (Å²) in [4.78, 5) is 23.4. The van der Waals surface area contributed by atoms with Crippen LogP contribution < -0.4 is 10.6 Å². The van der Waals surface area contributed by atoms with Crippen molar-refractivity contribution in [2.75, 3.05) is 5.32 Å². The molecule has 1 aliphatic rings. The van der Waals surface area contributed by atoms with Crippen LogP contribution in [-0.4, -0.2) is 17.9 Å². The van der Waals surface area contributed by atoms with Crippen molar-refractivity contribution < 1.29 is 14.0 Å². The number of carbonyl (C=O) groups excluding carboxylic acids is 2. The second kappa shape index (κ2) is 7.03. The van der Waals surface area contributed by atoms with E-state index in [2.05, 4.69) is 10.6 Å². The Morgan fingerprint density at radius 2 is 1.70 bits per heavy atom. The summed E-state index contributed by atoms with van der Waals surface area (Å²) in [6.07, 6.45) is 5.27. The Balaban J connectivity index is 1.75. The number of hydrogen-bond donors (Lipinski definition) is 2. The molecule has 108 valence electrons. The van der Waals surface area contributed by atoms with Gasteiger partial charge in [0.2, 0.25) is 11.8 Å². The first-order valence-corrected chi connectivity index (χ1v) is 6.98. The van der Waals surface area contributed by atoms with Gasteiger partial charge in [-0.1, -0.05) is 19.3 Å². The van der Waals surface area contributed by atoms with Crippen LogP contribution in [0.25, 0.3) is 0 Å². The zero-order chi connectivity index (χ0) is 14.4. The van der Waals surface area contributed by atoms with Gasteiger partial charge in [-0.05, 0) is 37.1 Å². The van der Waals surface area contributed by atoms with Crippen LogP contribution in [0.3, 0.4) is 0 Å². The SMILES string of the molecule is O=C(CC(=O)NC1CCCCC1)Nc1ccc(F)cc1. The zero-order valence-electron chi connectivity index (χ0n) is 11.3. The van der Waals surface area contributed by atoms with Crippen molar-refractivity contribution in [1.82, 2.24) is 5.32 Å². The number of benzene rings is 1. The first-order chi connectivity index (χ1) is 9.63. The molecule has 0 radical (unpaired) electrons. The van der Waals surface area contributed by atoms with Crippen molar-refractivity contribution in [2.45, 2.75) is 44.6 Å².